The Morgan fingerprint density at radius 2 is 2.06 bits per heavy atom. The highest BCUT2D eigenvalue weighted by atomic mass is 32.1. The first-order chi connectivity index (χ1) is 15.3. The van der Waals surface area contributed by atoms with Gasteiger partial charge in [0.25, 0.3) is 5.91 Å². The van der Waals surface area contributed by atoms with E-state index in [1.165, 1.54) is 0 Å². The lowest BCUT2D eigenvalue weighted by Gasteiger charge is -2.26. The molecule has 168 valence electrons. The van der Waals surface area contributed by atoms with Crippen LogP contribution in [0.4, 0.5) is 0 Å². The summed E-state index contributed by atoms with van der Waals surface area (Å²) in [4.78, 5) is 33.8. The van der Waals surface area contributed by atoms with E-state index < -0.39 is 0 Å². The Morgan fingerprint density at radius 1 is 1.25 bits per heavy atom. The summed E-state index contributed by atoms with van der Waals surface area (Å²) in [5.41, 5.74) is 3.81. The Bertz CT molecular complexity index is 1160. The molecule has 0 saturated heterocycles. The Hall–Kier alpha value is -3.00. The van der Waals surface area contributed by atoms with Crippen molar-refractivity contribution in [2.75, 3.05) is 27.2 Å². The third kappa shape index (κ3) is 4.60. The number of carbonyl (C=O) groups is 2. The summed E-state index contributed by atoms with van der Waals surface area (Å²) in [6.07, 6.45) is 7.04. The van der Waals surface area contributed by atoms with Gasteiger partial charge in [0.1, 0.15) is 5.01 Å². The Morgan fingerprint density at radius 3 is 2.75 bits per heavy atom. The fourth-order valence-corrected chi connectivity index (χ4v) is 5.00. The molecule has 0 N–H and O–H groups in total. The second-order valence-corrected chi connectivity index (χ2v) is 9.67. The molecule has 0 radical (unpaired) electrons. The molecule has 0 atom stereocenters. The van der Waals surface area contributed by atoms with E-state index in [0.29, 0.717) is 25.1 Å². The molecule has 0 saturated carbocycles. The molecule has 1 aliphatic rings. The monoisotopic (exact) mass is 451 g/mol. The molecule has 0 fully saturated rings. The van der Waals surface area contributed by atoms with Gasteiger partial charge in [-0.3, -0.25) is 14.3 Å². The SMILES string of the molecule is CC(C)c1cc(C(=O)N(C)C)cc2sc(C3=CCCN(C(=O)CCn4cccn4)C3)nc12. The average molecular weight is 452 g/mol. The summed E-state index contributed by atoms with van der Waals surface area (Å²) < 4.78 is 2.80. The van der Waals surface area contributed by atoms with Gasteiger partial charge in [-0.2, -0.15) is 5.10 Å². The van der Waals surface area contributed by atoms with Crippen LogP contribution < -0.4 is 0 Å². The van der Waals surface area contributed by atoms with Crippen molar-refractivity contribution in [1.29, 1.82) is 0 Å². The summed E-state index contributed by atoms with van der Waals surface area (Å²) >= 11 is 1.60. The summed E-state index contributed by atoms with van der Waals surface area (Å²) in [5.74, 6) is 0.381. The van der Waals surface area contributed by atoms with Crippen LogP contribution in [0.25, 0.3) is 15.8 Å². The van der Waals surface area contributed by atoms with Crippen LogP contribution in [0.3, 0.4) is 0 Å². The van der Waals surface area contributed by atoms with Gasteiger partial charge in [0.2, 0.25) is 5.91 Å². The summed E-state index contributed by atoms with van der Waals surface area (Å²) in [6.45, 7) is 6.13. The fourth-order valence-electron chi connectivity index (χ4n) is 3.93. The maximum absolute atomic E-state index is 12.8. The van der Waals surface area contributed by atoms with Crippen molar-refractivity contribution < 1.29 is 9.59 Å². The number of aromatic nitrogens is 3. The number of hydrogen-bond acceptors (Lipinski definition) is 5. The largest absolute Gasteiger partial charge is 0.345 e. The highest BCUT2D eigenvalue weighted by Crippen LogP contribution is 2.35. The van der Waals surface area contributed by atoms with Crippen molar-refractivity contribution in [3.8, 4) is 0 Å². The first-order valence-corrected chi connectivity index (χ1v) is 11.8. The molecule has 0 unspecified atom stereocenters. The van der Waals surface area contributed by atoms with Gasteiger partial charge >= 0.3 is 0 Å². The van der Waals surface area contributed by atoms with Gasteiger partial charge in [0.15, 0.2) is 0 Å². The topological polar surface area (TPSA) is 71.3 Å². The predicted octanol–water partition coefficient (Wildman–Crippen LogP) is 4.02. The predicted molar refractivity (Wildman–Crippen MR) is 128 cm³/mol. The van der Waals surface area contributed by atoms with E-state index in [4.69, 9.17) is 4.98 Å². The minimum absolute atomic E-state index is 0.00501. The zero-order chi connectivity index (χ0) is 22.8. The third-order valence-electron chi connectivity index (χ3n) is 5.69. The summed E-state index contributed by atoms with van der Waals surface area (Å²) in [7, 11) is 3.54. The Balaban J connectivity index is 1.57. The fraction of sp³-hybridized carbons (Fsp3) is 0.417. The first kappa shape index (κ1) is 22.2. The normalized spacial score (nSPS) is 14.2. The van der Waals surface area contributed by atoms with Crippen LogP contribution in [0.1, 0.15) is 53.5 Å². The van der Waals surface area contributed by atoms with Crippen LogP contribution in [0.15, 0.2) is 36.7 Å². The minimum Gasteiger partial charge on any atom is -0.345 e. The van der Waals surface area contributed by atoms with E-state index in [1.807, 2.05) is 29.3 Å². The molecule has 0 bridgehead atoms. The zero-order valence-corrected chi connectivity index (χ0v) is 19.9. The molecule has 3 heterocycles. The van der Waals surface area contributed by atoms with E-state index in [9.17, 15) is 9.59 Å². The second-order valence-electron chi connectivity index (χ2n) is 8.64. The van der Waals surface area contributed by atoms with Crippen LogP contribution in [0.2, 0.25) is 0 Å². The van der Waals surface area contributed by atoms with Gasteiger partial charge in [0, 0.05) is 63.7 Å². The summed E-state index contributed by atoms with van der Waals surface area (Å²) in [5, 5.41) is 5.10. The number of carbonyl (C=O) groups excluding carboxylic acids is 2. The molecule has 1 aliphatic heterocycles. The van der Waals surface area contributed by atoms with E-state index in [1.54, 1.807) is 41.2 Å². The number of benzene rings is 1. The standard InChI is InChI=1S/C24H29N5O2S/c1-16(2)19-13-18(24(31)27(3)4)14-20-22(19)26-23(32-20)17-7-5-10-28(15-17)21(30)8-12-29-11-6-9-25-29/h6-7,9,11,13-14,16H,5,8,10,12,15H2,1-4H3. The maximum Gasteiger partial charge on any atom is 0.253 e. The molecular weight excluding hydrogens is 422 g/mol. The van der Waals surface area contributed by atoms with Crippen LogP contribution in [0, 0.1) is 0 Å². The van der Waals surface area contributed by atoms with Crippen LogP contribution >= 0.6 is 11.3 Å². The zero-order valence-electron chi connectivity index (χ0n) is 19.0. The van der Waals surface area contributed by atoms with Gasteiger partial charge in [0.05, 0.1) is 10.2 Å². The van der Waals surface area contributed by atoms with Crippen molar-refractivity contribution in [3.63, 3.8) is 0 Å². The van der Waals surface area contributed by atoms with Gasteiger partial charge in [-0.15, -0.1) is 11.3 Å². The first-order valence-electron chi connectivity index (χ1n) is 10.9. The van der Waals surface area contributed by atoms with Crippen molar-refractivity contribution in [2.24, 2.45) is 0 Å². The van der Waals surface area contributed by atoms with Gasteiger partial charge in [-0.05, 0) is 36.1 Å². The molecular formula is C24H29N5O2S. The number of amides is 2. The molecule has 8 heteroatoms. The van der Waals surface area contributed by atoms with E-state index in [2.05, 4.69) is 25.0 Å². The van der Waals surface area contributed by atoms with Crippen molar-refractivity contribution >= 4 is 38.9 Å². The quantitative estimate of drug-likeness (QED) is 0.567. The summed E-state index contributed by atoms with van der Waals surface area (Å²) in [6, 6.07) is 5.78. The molecule has 3 aromatic rings. The molecule has 2 aromatic heterocycles. The highest BCUT2D eigenvalue weighted by molar-refractivity contribution is 7.19. The highest BCUT2D eigenvalue weighted by Gasteiger charge is 2.23. The lowest BCUT2D eigenvalue weighted by molar-refractivity contribution is -0.131. The van der Waals surface area contributed by atoms with Crippen LogP contribution in [-0.2, 0) is 11.3 Å². The maximum atomic E-state index is 12.8. The molecule has 32 heavy (non-hydrogen) atoms. The number of aryl methyl sites for hydroxylation is 1. The Kier molecular flexibility index (Phi) is 6.41. The van der Waals surface area contributed by atoms with Crippen LogP contribution in [-0.4, -0.2) is 63.6 Å². The van der Waals surface area contributed by atoms with Crippen molar-refractivity contribution in [3.05, 3.63) is 52.8 Å². The van der Waals surface area contributed by atoms with E-state index in [-0.39, 0.29) is 17.7 Å². The average Bonchev–Trinajstić information content (AvgIpc) is 3.45. The molecule has 1 aromatic carbocycles. The minimum atomic E-state index is -0.00501. The van der Waals surface area contributed by atoms with Gasteiger partial charge in [-0.25, -0.2) is 4.98 Å². The number of fused-ring (bicyclic) bond motifs is 1. The molecule has 0 aliphatic carbocycles. The Labute approximate surface area is 192 Å². The van der Waals surface area contributed by atoms with Gasteiger partial charge < -0.3 is 9.80 Å². The van der Waals surface area contributed by atoms with Crippen molar-refractivity contribution in [1.82, 2.24) is 24.6 Å². The smallest absolute Gasteiger partial charge is 0.253 e. The lowest BCUT2D eigenvalue weighted by Crippen LogP contribution is -2.35. The number of hydrogen-bond donors (Lipinski definition) is 0. The number of nitrogens with zero attached hydrogens (tertiary/aromatic N) is 5. The van der Waals surface area contributed by atoms with Gasteiger partial charge in [-0.1, -0.05) is 19.9 Å². The van der Waals surface area contributed by atoms with E-state index in [0.717, 1.165) is 39.3 Å². The molecule has 0 spiro atoms. The van der Waals surface area contributed by atoms with E-state index >= 15 is 0 Å². The third-order valence-corrected chi connectivity index (χ3v) is 6.77. The molecule has 4 rings (SSSR count). The van der Waals surface area contributed by atoms with Crippen LogP contribution in [0.5, 0.6) is 0 Å². The second kappa shape index (κ2) is 9.24. The molecule has 2 amide bonds. The number of rotatable bonds is 6. The van der Waals surface area contributed by atoms with Crippen molar-refractivity contribution in [2.45, 2.75) is 39.2 Å². The molecule has 7 nitrogen and oxygen atoms in total. The lowest BCUT2D eigenvalue weighted by atomic mass is 9.99. The number of thiazole rings is 1.